The van der Waals surface area contributed by atoms with Crippen molar-refractivity contribution < 1.29 is 0 Å². The molecule has 3 rings (SSSR count). The number of anilines is 1. The van der Waals surface area contributed by atoms with Gasteiger partial charge in [-0.2, -0.15) is 0 Å². The van der Waals surface area contributed by atoms with Crippen LogP contribution in [-0.4, -0.2) is 15.0 Å². The summed E-state index contributed by atoms with van der Waals surface area (Å²) in [6.07, 6.45) is 1.73. The maximum atomic E-state index is 5.65. The molecule has 2 aromatic heterocycles. The van der Waals surface area contributed by atoms with E-state index in [0.29, 0.717) is 5.82 Å². The fraction of sp³-hybridized carbons (Fsp3) is 0.0769. The zero-order valence-corrected chi connectivity index (χ0v) is 10.4. The average Bonchev–Trinajstić information content (AvgIpc) is 2.79. The summed E-state index contributed by atoms with van der Waals surface area (Å²) in [5, 5.41) is 0.923. The van der Waals surface area contributed by atoms with Gasteiger partial charge < -0.3 is 10.7 Å². The summed E-state index contributed by atoms with van der Waals surface area (Å²) >= 11 is 1.66. The Hall–Kier alpha value is -2.01. The van der Waals surface area contributed by atoms with Gasteiger partial charge in [0, 0.05) is 11.9 Å². The zero-order valence-electron chi connectivity index (χ0n) is 9.63. The maximum absolute atomic E-state index is 5.65. The topological polar surface area (TPSA) is 67.6 Å². The quantitative estimate of drug-likeness (QED) is 0.707. The van der Waals surface area contributed by atoms with Crippen LogP contribution in [0.5, 0.6) is 0 Å². The fourth-order valence-corrected chi connectivity index (χ4v) is 2.56. The molecule has 0 unspecified atom stereocenters. The summed E-state index contributed by atoms with van der Waals surface area (Å²) in [6, 6.07) is 11.9. The van der Waals surface area contributed by atoms with Crippen LogP contribution in [0, 0.1) is 0 Å². The Balaban J connectivity index is 1.76. The number of aromatic amines is 1. The Morgan fingerprint density at radius 2 is 2.11 bits per heavy atom. The van der Waals surface area contributed by atoms with Crippen molar-refractivity contribution in [2.75, 3.05) is 5.73 Å². The van der Waals surface area contributed by atoms with Gasteiger partial charge in [-0.25, -0.2) is 9.97 Å². The number of nitrogens with one attached hydrogen (secondary N) is 1. The molecule has 3 N–H and O–H groups in total. The highest BCUT2D eigenvalue weighted by Gasteiger charge is 2.03. The zero-order chi connectivity index (χ0) is 12.4. The lowest BCUT2D eigenvalue weighted by atomic mass is 10.3. The number of rotatable bonds is 3. The molecule has 0 aliphatic carbocycles. The molecule has 0 fully saturated rings. The van der Waals surface area contributed by atoms with E-state index in [1.165, 1.54) is 0 Å². The van der Waals surface area contributed by atoms with Crippen LogP contribution in [-0.2, 0) is 5.75 Å². The van der Waals surface area contributed by atoms with Crippen molar-refractivity contribution in [1.29, 1.82) is 0 Å². The number of imidazole rings is 1. The van der Waals surface area contributed by atoms with Gasteiger partial charge in [0.1, 0.15) is 5.82 Å². The molecule has 0 aliphatic heterocycles. The van der Waals surface area contributed by atoms with E-state index in [9.17, 15) is 0 Å². The van der Waals surface area contributed by atoms with E-state index in [4.69, 9.17) is 5.73 Å². The molecule has 3 aromatic rings. The molecule has 0 aliphatic rings. The summed E-state index contributed by atoms with van der Waals surface area (Å²) in [6.45, 7) is 0. The molecule has 0 saturated heterocycles. The number of H-pyrrole nitrogens is 1. The van der Waals surface area contributed by atoms with Crippen LogP contribution >= 0.6 is 11.8 Å². The molecule has 5 heteroatoms. The molecular weight excluding hydrogens is 244 g/mol. The Labute approximate surface area is 109 Å². The van der Waals surface area contributed by atoms with Crippen LogP contribution in [0.2, 0.25) is 0 Å². The maximum Gasteiger partial charge on any atom is 0.166 e. The molecule has 0 bridgehead atoms. The molecule has 1 aromatic carbocycles. The van der Waals surface area contributed by atoms with Gasteiger partial charge in [-0.1, -0.05) is 23.9 Å². The lowest BCUT2D eigenvalue weighted by Crippen LogP contribution is -1.91. The number of aromatic nitrogens is 3. The standard InChI is InChI=1S/C13H12N4S/c14-12-7-9(5-6-15-12)8-18-13-16-10-3-1-2-4-11(10)17-13/h1-7H,8H2,(H2,14,15)(H,16,17). The van der Waals surface area contributed by atoms with Crippen LogP contribution in [0.4, 0.5) is 5.82 Å². The van der Waals surface area contributed by atoms with E-state index in [1.807, 2.05) is 36.4 Å². The fourth-order valence-electron chi connectivity index (χ4n) is 1.73. The van der Waals surface area contributed by atoms with Crippen molar-refractivity contribution in [3.05, 3.63) is 48.2 Å². The van der Waals surface area contributed by atoms with Gasteiger partial charge in [0.15, 0.2) is 5.16 Å². The Bertz CT molecular complexity index is 644. The van der Waals surface area contributed by atoms with Crippen molar-refractivity contribution in [2.45, 2.75) is 10.9 Å². The smallest absolute Gasteiger partial charge is 0.166 e. The second kappa shape index (κ2) is 4.70. The van der Waals surface area contributed by atoms with Crippen LogP contribution in [0.3, 0.4) is 0 Å². The van der Waals surface area contributed by atoms with Gasteiger partial charge in [0.2, 0.25) is 0 Å². The first-order valence-corrected chi connectivity index (χ1v) is 6.58. The number of nitrogens with zero attached hydrogens (tertiary/aromatic N) is 2. The number of para-hydroxylation sites is 2. The molecule has 4 nitrogen and oxygen atoms in total. The third-order valence-corrected chi connectivity index (χ3v) is 3.53. The van der Waals surface area contributed by atoms with Gasteiger partial charge in [0.05, 0.1) is 11.0 Å². The number of thioether (sulfide) groups is 1. The van der Waals surface area contributed by atoms with Gasteiger partial charge >= 0.3 is 0 Å². The van der Waals surface area contributed by atoms with Gasteiger partial charge in [-0.05, 0) is 29.8 Å². The molecule has 0 atom stereocenters. The second-order valence-corrected chi connectivity index (χ2v) is 4.90. The Morgan fingerprint density at radius 1 is 1.22 bits per heavy atom. The van der Waals surface area contributed by atoms with Crippen LogP contribution in [0.15, 0.2) is 47.8 Å². The van der Waals surface area contributed by atoms with E-state index in [1.54, 1.807) is 18.0 Å². The van der Waals surface area contributed by atoms with Crippen molar-refractivity contribution in [3.63, 3.8) is 0 Å². The minimum atomic E-state index is 0.553. The third-order valence-electron chi connectivity index (χ3n) is 2.59. The highest BCUT2D eigenvalue weighted by atomic mass is 32.2. The van der Waals surface area contributed by atoms with Gasteiger partial charge in [0.25, 0.3) is 0 Å². The summed E-state index contributed by atoms with van der Waals surface area (Å²) in [5.41, 5.74) is 8.85. The number of pyridine rings is 1. The van der Waals surface area contributed by atoms with Crippen molar-refractivity contribution in [3.8, 4) is 0 Å². The minimum absolute atomic E-state index is 0.553. The molecular formula is C13H12N4S. The second-order valence-electron chi connectivity index (χ2n) is 3.94. The lowest BCUT2D eigenvalue weighted by Gasteiger charge is -1.99. The number of nitrogen functional groups attached to an aromatic ring is 1. The molecule has 2 heterocycles. The minimum Gasteiger partial charge on any atom is -0.384 e. The first kappa shape index (κ1) is 11.1. The summed E-state index contributed by atoms with van der Waals surface area (Å²) in [7, 11) is 0. The lowest BCUT2D eigenvalue weighted by molar-refractivity contribution is 1.08. The number of hydrogen-bond acceptors (Lipinski definition) is 4. The van der Waals surface area contributed by atoms with Crippen molar-refractivity contribution in [1.82, 2.24) is 15.0 Å². The van der Waals surface area contributed by atoms with Crippen LogP contribution in [0.1, 0.15) is 5.56 Å². The average molecular weight is 256 g/mol. The predicted octanol–water partition coefficient (Wildman–Crippen LogP) is 2.83. The molecule has 18 heavy (non-hydrogen) atoms. The predicted molar refractivity (Wildman–Crippen MR) is 74.3 cm³/mol. The molecule has 0 radical (unpaired) electrons. The van der Waals surface area contributed by atoms with Crippen molar-refractivity contribution in [2.24, 2.45) is 0 Å². The monoisotopic (exact) mass is 256 g/mol. The summed E-state index contributed by atoms with van der Waals surface area (Å²) in [4.78, 5) is 11.8. The SMILES string of the molecule is Nc1cc(CSc2nc3ccccc3[nH]2)ccn1. The van der Waals surface area contributed by atoms with E-state index in [2.05, 4.69) is 15.0 Å². The van der Waals surface area contributed by atoms with E-state index < -0.39 is 0 Å². The van der Waals surface area contributed by atoms with E-state index in [0.717, 1.165) is 27.5 Å². The largest absolute Gasteiger partial charge is 0.384 e. The first-order chi connectivity index (χ1) is 8.81. The summed E-state index contributed by atoms with van der Waals surface area (Å²) in [5.74, 6) is 1.38. The molecule has 0 amide bonds. The van der Waals surface area contributed by atoms with E-state index >= 15 is 0 Å². The van der Waals surface area contributed by atoms with E-state index in [-0.39, 0.29) is 0 Å². The number of nitrogens with two attached hydrogens (primary N) is 1. The van der Waals surface area contributed by atoms with Gasteiger partial charge in [-0.15, -0.1) is 0 Å². The number of benzene rings is 1. The molecule has 0 spiro atoms. The van der Waals surface area contributed by atoms with Gasteiger partial charge in [-0.3, -0.25) is 0 Å². The Morgan fingerprint density at radius 3 is 2.94 bits per heavy atom. The third kappa shape index (κ3) is 2.31. The Kier molecular flexibility index (Phi) is 2.90. The van der Waals surface area contributed by atoms with Crippen LogP contribution < -0.4 is 5.73 Å². The highest BCUT2D eigenvalue weighted by Crippen LogP contribution is 2.23. The molecule has 90 valence electrons. The van der Waals surface area contributed by atoms with Crippen LogP contribution in [0.25, 0.3) is 11.0 Å². The summed E-state index contributed by atoms with van der Waals surface area (Å²) < 4.78 is 0. The van der Waals surface area contributed by atoms with Crippen molar-refractivity contribution >= 4 is 28.6 Å². The highest BCUT2D eigenvalue weighted by molar-refractivity contribution is 7.98. The first-order valence-electron chi connectivity index (χ1n) is 5.59. The molecule has 0 saturated carbocycles. The normalized spacial score (nSPS) is 10.9. The number of fused-ring (bicyclic) bond motifs is 1. The number of hydrogen-bond donors (Lipinski definition) is 2.